The van der Waals surface area contributed by atoms with E-state index in [1.54, 1.807) is 18.2 Å². The Morgan fingerprint density at radius 2 is 1.87 bits per heavy atom. The number of hydrogen-bond donors (Lipinski definition) is 1. The monoisotopic (exact) mass is 526 g/mol. The SMILES string of the molecule is CC1CCC(CC(=O)C2=CC(=NCc3ccc(F)cc3F)NC(C3=CC(C(C)(F)F)=CCC=C3)=CC2)CC1. The summed E-state index contributed by atoms with van der Waals surface area (Å²) in [5, 5.41) is 3.18. The first-order valence-corrected chi connectivity index (χ1v) is 13.2. The van der Waals surface area contributed by atoms with Gasteiger partial charge in [0.25, 0.3) is 5.92 Å². The number of halogens is 4. The van der Waals surface area contributed by atoms with E-state index in [2.05, 4.69) is 17.2 Å². The molecule has 0 bridgehead atoms. The smallest absolute Gasteiger partial charge is 0.270 e. The average molecular weight is 527 g/mol. The summed E-state index contributed by atoms with van der Waals surface area (Å²) in [7, 11) is 0. The van der Waals surface area contributed by atoms with Crippen molar-refractivity contribution in [1.29, 1.82) is 0 Å². The first-order chi connectivity index (χ1) is 18.1. The van der Waals surface area contributed by atoms with Crippen molar-refractivity contribution < 1.29 is 22.4 Å². The summed E-state index contributed by atoms with van der Waals surface area (Å²) >= 11 is 0. The lowest BCUT2D eigenvalue weighted by atomic mass is 9.80. The highest BCUT2D eigenvalue weighted by molar-refractivity contribution is 6.05. The Balaban J connectivity index is 1.63. The van der Waals surface area contributed by atoms with Crippen LogP contribution in [0.2, 0.25) is 0 Å². The Labute approximate surface area is 221 Å². The fourth-order valence-corrected chi connectivity index (χ4v) is 5.02. The first-order valence-electron chi connectivity index (χ1n) is 13.2. The third kappa shape index (κ3) is 7.42. The van der Waals surface area contributed by atoms with Crippen molar-refractivity contribution in [3.63, 3.8) is 0 Å². The van der Waals surface area contributed by atoms with Gasteiger partial charge in [0.1, 0.15) is 17.5 Å². The van der Waals surface area contributed by atoms with Crippen molar-refractivity contribution in [2.45, 2.75) is 71.3 Å². The van der Waals surface area contributed by atoms with Crippen molar-refractivity contribution in [2.24, 2.45) is 16.8 Å². The minimum absolute atomic E-state index is 0.0376. The number of nitrogens with zero attached hydrogens (tertiary/aromatic N) is 1. The molecule has 1 N–H and O–H groups in total. The quantitative estimate of drug-likeness (QED) is 0.367. The van der Waals surface area contributed by atoms with Crippen LogP contribution in [0.25, 0.3) is 0 Å². The number of amidine groups is 1. The number of hydrogen-bond acceptors (Lipinski definition) is 2. The fraction of sp³-hybridized carbons (Fsp3) is 0.419. The zero-order chi connectivity index (χ0) is 27.3. The fourth-order valence-electron chi connectivity index (χ4n) is 5.02. The van der Waals surface area contributed by atoms with E-state index in [1.807, 2.05) is 6.08 Å². The summed E-state index contributed by atoms with van der Waals surface area (Å²) in [6.07, 6.45) is 15.4. The van der Waals surface area contributed by atoms with Crippen LogP contribution in [0, 0.1) is 23.5 Å². The van der Waals surface area contributed by atoms with E-state index >= 15 is 0 Å². The van der Waals surface area contributed by atoms with Gasteiger partial charge < -0.3 is 5.32 Å². The highest BCUT2D eigenvalue weighted by Gasteiger charge is 2.27. The summed E-state index contributed by atoms with van der Waals surface area (Å²) < 4.78 is 55.9. The van der Waals surface area contributed by atoms with Crippen LogP contribution in [0.1, 0.15) is 64.4 Å². The molecule has 1 aromatic rings. The van der Waals surface area contributed by atoms with E-state index in [-0.39, 0.29) is 23.5 Å². The molecule has 1 fully saturated rings. The van der Waals surface area contributed by atoms with Crippen molar-refractivity contribution in [3.05, 3.63) is 94.3 Å². The van der Waals surface area contributed by atoms with Crippen LogP contribution in [-0.4, -0.2) is 17.5 Å². The number of alkyl halides is 2. The maximum Gasteiger partial charge on any atom is 0.270 e. The third-order valence-corrected chi connectivity index (χ3v) is 7.40. The van der Waals surface area contributed by atoms with Gasteiger partial charge in [-0.05, 0) is 61.3 Å². The van der Waals surface area contributed by atoms with Crippen molar-refractivity contribution in [3.8, 4) is 0 Å². The topological polar surface area (TPSA) is 41.5 Å². The van der Waals surface area contributed by atoms with Gasteiger partial charge in [-0.1, -0.05) is 50.1 Å². The number of carbonyl (C=O) groups is 1. The number of rotatable bonds is 7. The summed E-state index contributed by atoms with van der Waals surface area (Å²) in [6.45, 7) is 3.02. The molecule has 0 radical (unpaired) electrons. The minimum atomic E-state index is -3.00. The first kappa shape index (κ1) is 27.8. The van der Waals surface area contributed by atoms with Crippen LogP contribution < -0.4 is 5.32 Å². The Kier molecular flexibility index (Phi) is 8.85. The average Bonchev–Trinajstić information content (AvgIpc) is 3.24. The van der Waals surface area contributed by atoms with Gasteiger partial charge in [-0.15, -0.1) is 0 Å². The maximum atomic E-state index is 14.2. The van der Waals surface area contributed by atoms with Crippen LogP contribution in [0.5, 0.6) is 0 Å². The molecule has 4 rings (SSSR count). The summed E-state index contributed by atoms with van der Waals surface area (Å²) in [5.74, 6) is -2.99. The third-order valence-electron chi connectivity index (χ3n) is 7.40. The van der Waals surface area contributed by atoms with Crippen LogP contribution in [-0.2, 0) is 11.3 Å². The van der Waals surface area contributed by atoms with Crippen molar-refractivity contribution >= 4 is 11.6 Å². The molecule has 1 aliphatic heterocycles. The molecule has 3 aliphatic rings. The predicted octanol–water partition coefficient (Wildman–Crippen LogP) is 7.92. The number of Topliss-reactive ketones (excluding diaryl/α,β-unsaturated/α-hetero) is 1. The van der Waals surface area contributed by atoms with E-state index in [1.165, 1.54) is 24.3 Å². The van der Waals surface area contributed by atoms with Gasteiger partial charge in [-0.25, -0.2) is 17.6 Å². The number of allylic oxidation sites excluding steroid dienone is 7. The Morgan fingerprint density at radius 1 is 1.11 bits per heavy atom. The maximum absolute atomic E-state index is 14.2. The standard InChI is InChI=1S/C31H34F4N2O/c1-20-7-9-21(10-8-20)15-29(38)23-12-14-28(22-5-3-4-6-25(16-22)31(2,34)35)37-30(17-23)36-19-24-11-13-26(32)18-27(24)33/h3,5-6,11,13-14,16-18,20-21H,4,7-10,12,15,19H2,1-2H3,(H,36,37). The predicted molar refractivity (Wildman–Crippen MR) is 143 cm³/mol. The number of ketones is 1. The molecule has 0 saturated heterocycles. The Morgan fingerprint density at radius 3 is 2.58 bits per heavy atom. The molecule has 0 unspecified atom stereocenters. The molecule has 1 aromatic carbocycles. The summed E-state index contributed by atoms with van der Waals surface area (Å²) in [4.78, 5) is 17.8. The van der Waals surface area contributed by atoms with Crippen LogP contribution in [0.15, 0.2) is 82.1 Å². The molecule has 1 heterocycles. The second kappa shape index (κ2) is 12.1. The number of nitrogens with one attached hydrogen (secondary N) is 1. The van der Waals surface area contributed by atoms with E-state index in [0.717, 1.165) is 38.7 Å². The molecule has 0 spiro atoms. The molecule has 202 valence electrons. The second-order valence-corrected chi connectivity index (χ2v) is 10.6. The molecule has 7 heteroatoms. The van der Waals surface area contributed by atoms with Gasteiger partial charge in [-0.2, -0.15) is 0 Å². The molecule has 0 atom stereocenters. The van der Waals surface area contributed by atoms with E-state index in [0.29, 0.717) is 53.8 Å². The lowest BCUT2D eigenvalue weighted by molar-refractivity contribution is -0.116. The molecule has 3 nitrogen and oxygen atoms in total. The normalized spacial score (nSPS) is 23.5. The second-order valence-electron chi connectivity index (χ2n) is 10.6. The van der Waals surface area contributed by atoms with E-state index < -0.39 is 17.6 Å². The lowest BCUT2D eigenvalue weighted by Crippen LogP contribution is -2.22. The number of carbonyl (C=O) groups excluding carboxylic acids is 1. The van der Waals surface area contributed by atoms with Crippen molar-refractivity contribution in [1.82, 2.24) is 5.32 Å². The number of aliphatic imine (C=N–C) groups is 1. The minimum Gasteiger partial charge on any atom is -0.340 e. The molecule has 1 saturated carbocycles. The zero-order valence-corrected chi connectivity index (χ0v) is 21.9. The van der Waals surface area contributed by atoms with Gasteiger partial charge in [0, 0.05) is 41.8 Å². The number of benzene rings is 1. The molecular formula is C31H34F4N2O. The molecule has 2 aliphatic carbocycles. The largest absolute Gasteiger partial charge is 0.340 e. The lowest BCUT2D eigenvalue weighted by Gasteiger charge is -2.25. The molecule has 38 heavy (non-hydrogen) atoms. The summed E-state index contributed by atoms with van der Waals surface area (Å²) in [5.41, 5.74) is 1.77. The highest BCUT2D eigenvalue weighted by atomic mass is 19.3. The molecular weight excluding hydrogens is 492 g/mol. The van der Waals surface area contributed by atoms with Crippen LogP contribution in [0.4, 0.5) is 17.6 Å². The van der Waals surface area contributed by atoms with Gasteiger partial charge in [0.2, 0.25) is 0 Å². The van der Waals surface area contributed by atoms with Gasteiger partial charge in [-0.3, -0.25) is 9.79 Å². The van der Waals surface area contributed by atoms with Gasteiger partial charge in [0.05, 0.1) is 6.54 Å². The summed E-state index contributed by atoms with van der Waals surface area (Å²) in [6, 6.07) is 3.30. The van der Waals surface area contributed by atoms with Crippen LogP contribution >= 0.6 is 0 Å². The van der Waals surface area contributed by atoms with E-state index in [9.17, 15) is 22.4 Å². The molecule has 0 amide bonds. The zero-order valence-electron chi connectivity index (χ0n) is 21.9. The Bertz CT molecular complexity index is 1240. The van der Waals surface area contributed by atoms with Crippen LogP contribution in [0.3, 0.4) is 0 Å². The Hall–Kier alpha value is -3.22. The molecule has 0 aromatic heterocycles. The highest BCUT2D eigenvalue weighted by Crippen LogP contribution is 2.33. The van der Waals surface area contributed by atoms with E-state index in [4.69, 9.17) is 0 Å². The van der Waals surface area contributed by atoms with Crippen molar-refractivity contribution in [2.75, 3.05) is 0 Å². The van der Waals surface area contributed by atoms with Gasteiger partial charge >= 0.3 is 0 Å². The van der Waals surface area contributed by atoms with Gasteiger partial charge in [0.15, 0.2) is 5.78 Å².